The molecule has 0 aliphatic carbocycles. The number of aromatic nitrogens is 2. The van der Waals surface area contributed by atoms with Crippen molar-refractivity contribution in [2.24, 2.45) is 0 Å². The third kappa shape index (κ3) is 4.49. The van der Waals surface area contributed by atoms with Gasteiger partial charge in [-0.3, -0.25) is 20.4 Å². The Hall–Kier alpha value is -3.35. The Morgan fingerprint density at radius 2 is 1.82 bits per heavy atom. The molecular weight excluding hydrogens is 356 g/mol. The largest absolute Gasteiger partial charge is 0.497 e. The Bertz CT molecular complexity index is 963. The molecule has 3 rings (SSSR count). The van der Waals surface area contributed by atoms with Crippen LogP contribution in [0.25, 0.3) is 11.0 Å². The normalized spacial score (nSPS) is 10.6. The molecule has 1 heterocycles. The van der Waals surface area contributed by atoms with Crippen LogP contribution in [0.3, 0.4) is 0 Å². The summed E-state index contributed by atoms with van der Waals surface area (Å²) < 4.78 is 6.97. The van der Waals surface area contributed by atoms with Gasteiger partial charge < -0.3 is 9.30 Å². The molecule has 3 aromatic rings. The van der Waals surface area contributed by atoms with Crippen molar-refractivity contribution in [2.75, 3.05) is 7.11 Å². The molecule has 0 fully saturated rings. The van der Waals surface area contributed by atoms with E-state index in [0.717, 1.165) is 36.1 Å². The number of imidazole rings is 1. The second-order valence-electron chi connectivity index (χ2n) is 6.44. The van der Waals surface area contributed by atoms with Crippen molar-refractivity contribution in [3.63, 3.8) is 0 Å². The lowest BCUT2D eigenvalue weighted by molar-refractivity contribution is -0.122. The van der Waals surface area contributed by atoms with Crippen LogP contribution in [-0.2, 0) is 17.8 Å². The number of benzene rings is 2. The van der Waals surface area contributed by atoms with Crippen molar-refractivity contribution < 1.29 is 14.3 Å². The van der Waals surface area contributed by atoms with Gasteiger partial charge in [-0.05, 0) is 42.8 Å². The molecule has 2 aromatic carbocycles. The first-order chi connectivity index (χ1) is 13.6. The first-order valence-corrected chi connectivity index (χ1v) is 9.29. The van der Waals surface area contributed by atoms with Crippen molar-refractivity contribution in [2.45, 2.75) is 32.7 Å². The monoisotopic (exact) mass is 380 g/mol. The summed E-state index contributed by atoms with van der Waals surface area (Å²) in [5, 5.41) is 0. The Balaban J connectivity index is 1.66. The maximum absolute atomic E-state index is 12.4. The zero-order chi connectivity index (χ0) is 19.9. The Labute approximate surface area is 163 Å². The van der Waals surface area contributed by atoms with Gasteiger partial charge in [0.25, 0.3) is 11.8 Å². The third-order valence-corrected chi connectivity index (χ3v) is 4.46. The molecule has 7 nitrogen and oxygen atoms in total. The quantitative estimate of drug-likeness (QED) is 0.617. The summed E-state index contributed by atoms with van der Waals surface area (Å²) in [6.45, 7) is 2.21. The molecule has 0 aliphatic heterocycles. The van der Waals surface area contributed by atoms with Crippen LogP contribution in [0.5, 0.6) is 5.75 Å². The van der Waals surface area contributed by atoms with E-state index < -0.39 is 5.91 Å². The van der Waals surface area contributed by atoms with Gasteiger partial charge in [-0.2, -0.15) is 0 Å². The average molecular weight is 380 g/mol. The fraction of sp³-hybridized carbons (Fsp3) is 0.286. The Kier molecular flexibility index (Phi) is 6.26. The van der Waals surface area contributed by atoms with E-state index in [1.165, 1.54) is 0 Å². The maximum atomic E-state index is 12.4. The summed E-state index contributed by atoms with van der Waals surface area (Å²) in [7, 11) is 1.56. The molecule has 2 N–H and O–H groups in total. The van der Waals surface area contributed by atoms with Crippen molar-refractivity contribution in [3.05, 3.63) is 59.9 Å². The Morgan fingerprint density at radius 1 is 1.07 bits per heavy atom. The summed E-state index contributed by atoms with van der Waals surface area (Å²) in [4.78, 5) is 29.3. The topological polar surface area (TPSA) is 85.3 Å². The van der Waals surface area contributed by atoms with Gasteiger partial charge in [-0.1, -0.05) is 25.5 Å². The van der Waals surface area contributed by atoms with Crippen LogP contribution in [0.1, 0.15) is 35.9 Å². The van der Waals surface area contributed by atoms with Crippen LogP contribution in [0.4, 0.5) is 0 Å². The minimum atomic E-state index is -0.391. The Morgan fingerprint density at radius 3 is 2.54 bits per heavy atom. The number of nitrogens with zero attached hydrogens (tertiary/aromatic N) is 2. The number of ether oxygens (including phenoxy) is 1. The van der Waals surface area contributed by atoms with Crippen LogP contribution in [0, 0.1) is 0 Å². The fourth-order valence-corrected chi connectivity index (χ4v) is 2.95. The molecule has 0 spiro atoms. The SMILES string of the molecule is CCCCc1nc2ccccc2n1CC(=O)NNC(=O)c1ccc(OC)cc1. The van der Waals surface area contributed by atoms with Gasteiger partial charge >= 0.3 is 0 Å². The van der Waals surface area contributed by atoms with Gasteiger partial charge in [0, 0.05) is 12.0 Å². The van der Waals surface area contributed by atoms with E-state index in [2.05, 4.69) is 22.8 Å². The summed E-state index contributed by atoms with van der Waals surface area (Å²) in [6, 6.07) is 14.4. The third-order valence-electron chi connectivity index (χ3n) is 4.46. The lowest BCUT2D eigenvalue weighted by Crippen LogP contribution is -2.43. The minimum Gasteiger partial charge on any atom is -0.497 e. The number of methoxy groups -OCH3 is 1. The number of carbonyl (C=O) groups is 2. The molecule has 2 amide bonds. The average Bonchev–Trinajstić information content (AvgIpc) is 3.07. The number of rotatable bonds is 7. The molecule has 0 atom stereocenters. The highest BCUT2D eigenvalue weighted by Crippen LogP contribution is 2.17. The maximum Gasteiger partial charge on any atom is 0.269 e. The van der Waals surface area contributed by atoms with Crippen molar-refractivity contribution >= 4 is 22.8 Å². The second kappa shape index (κ2) is 9.03. The highest BCUT2D eigenvalue weighted by Gasteiger charge is 2.14. The number of hydrogen-bond acceptors (Lipinski definition) is 4. The van der Waals surface area contributed by atoms with Gasteiger partial charge in [0.05, 0.1) is 18.1 Å². The summed E-state index contributed by atoms with van der Waals surface area (Å²) in [5.41, 5.74) is 7.12. The molecule has 28 heavy (non-hydrogen) atoms. The molecule has 146 valence electrons. The summed E-state index contributed by atoms with van der Waals surface area (Å²) >= 11 is 0. The smallest absolute Gasteiger partial charge is 0.269 e. The van der Waals surface area contributed by atoms with Crippen molar-refractivity contribution in [1.29, 1.82) is 0 Å². The first-order valence-electron chi connectivity index (χ1n) is 9.29. The van der Waals surface area contributed by atoms with E-state index >= 15 is 0 Å². The van der Waals surface area contributed by atoms with Gasteiger partial charge in [-0.15, -0.1) is 0 Å². The molecule has 0 aliphatic rings. The number of unbranched alkanes of at least 4 members (excludes halogenated alkanes) is 1. The number of fused-ring (bicyclic) bond motifs is 1. The predicted molar refractivity (Wildman–Crippen MR) is 107 cm³/mol. The van der Waals surface area contributed by atoms with Crippen molar-refractivity contribution in [1.82, 2.24) is 20.4 Å². The van der Waals surface area contributed by atoms with Crippen molar-refractivity contribution in [3.8, 4) is 5.75 Å². The number of para-hydroxylation sites is 2. The fourth-order valence-electron chi connectivity index (χ4n) is 2.95. The molecule has 0 radical (unpaired) electrons. The molecule has 0 saturated heterocycles. The second-order valence-corrected chi connectivity index (χ2v) is 6.44. The summed E-state index contributed by atoms with van der Waals surface area (Å²) in [5.74, 6) is 0.826. The molecule has 0 unspecified atom stereocenters. The predicted octanol–water partition coefficient (Wildman–Crippen LogP) is 2.85. The van der Waals surface area contributed by atoms with Crippen LogP contribution < -0.4 is 15.6 Å². The summed E-state index contributed by atoms with van der Waals surface area (Å²) in [6.07, 6.45) is 2.85. The molecule has 7 heteroatoms. The van der Waals surface area contributed by atoms with Crippen LogP contribution in [0.15, 0.2) is 48.5 Å². The van der Waals surface area contributed by atoms with Crippen LogP contribution in [0.2, 0.25) is 0 Å². The lowest BCUT2D eigenvalue weighted by Gasteiger charge is -2.11. The van der Waals surface area contributed by atoms with E-state index in [-0.39, 0.29) is 12.5 Å². The van der Waals surface area contributed by atoms with Gasteiger partial charge in [0.1, 0.15) is 18.1 Å². The van der Waals surface area contributed by atoms with Crippen LogP contribution in [-0.4, -0.2) is 28.5 Å². The molecular formula is C21H24N4O3. The number of amides is 2. The van der Waals surface area contributed by atoms with E-state index in [1.54, 1.807) is 31.4 Å². The van der Waals surface area contributed by atoms with E-state index in [9.17, 15) is 9.59 Å². The lowest BCUT2D eigenvalue weighted by atomic mass is 10.2. The standard InChI is InChI=1S/C21H24N4O3/c1-3-4-9-19-22-17-7-5-6-8-18(17)25(19)14-20(26)23-24-21(27)15-10-12-16(28-2)13-11-15/h5-8,10-13H,3-4,9,14H2,1-2H3,(H,23,26)(H,24,27). The van der Waals surface area contributed by atoms with E-state index in [1.807, 2.05) is 28.8 Å². The molecule has 0 bridgehead atoms. The first kappa shape index (κ1) is 19.4. The van der Waals surface area contributed by atoms with Crippen LogP contribution >= 0.6 is 0 Å². The number of aryl methyl sites for hydroxylation is 1. The number of hydrazine groups is 1. The number of carbonyl (C=O) groups excluding carboxylic acids is 2. The molecule has 0 saturated carbocycles. The number of nitrogens with one attached hydrogen (secondary N) is 2. The van der Waals surface area contributed by atoms with Gasteiger partial charge in [0.2, 0.25) is 0 Å². The number of hydrogen-bond donors (Lipinski definition) is 2. The van der Waals surface area contributed by atoms with E-state index in [4.69, 9.17) is 4.74 Å². The zero-order valence-electron chi connectivity index (χ0n) is 16.1. The highest BCUT2D eigenvalue weighted by atomic mass is 16.5. The minimum absolute atomic E-state index is 0.0858. The molecule has 1 aromatic heterocycles. The van der Waals surface area contributed by atoms with Gasteiger partial charge in [0.15, 0.2) is 0 Å². The zero-order valence-corrected chi connectivity index (χ0v) is 16.1. The van der Waals surface area contributed by atoms with Gasteiger partial charge in [-0.25, -0.2) is 4.98 Å². The highest BCUT2D eigenvalue weighted by molar-refractivity contribution is 5.95. The van der Waals surface area contributed by atoms with E-state index in [0.29, 0.717) is 11.3 Å².